The standard InChI is InChI=1S/C27H26N4O3/c1-19-11-12-20(2)24(15-19)30-26(32)13-14-27(33)31-29-17-22-8-5-6-10-25(22)34-18-23-9-4-3-7-21(23)16-28/h3-12,15,17H,13-14,18H2,1-2H3,(H,30,32)(H,31,33). The number of aryl methyl sites for hydroxylation is 2. The second-order valence-corrected chi connectivity index (χ2v) is 7.76. The molecule has 0 bridgehead atoms. The van der Waals surface area contributed by atoms with Gasteiger partial charge in [-0.25, -0.2) is 5.43 Å². The number of ether oxygens (including phenoxy) is 1. The lowest BCUT2D eigenvalue weighted by molar-refractivity contribution is -0.124. The van der Waals surface area contributed by atoms with Gasteiger partial charge in [-0.1, -0.05) is 42.5 Å². The molecule has 0 saturated carbocycles. The molecule has 2 N–H and O–H groups in total. The number of nitriles is 1. The van der Waals surface area contributed by atoms with Crippen LogP contribution < -0.4 is 15.5 Å². The van der Waals surface area contributed by atoms with Crippen molar-refractivity contribution >= 4 is 23.7 Å². The first-order chi connectivity index (χ1) is 16.5. The van der Waals surface area contributed by atoms with Gasteiger partial charge in [-0.05, 0) is 49.2 Å². The maximum atomic E-state index is 12.2. The Morgan fingerprint density at radius 3 is 2.56 bits per heavy atom. The fourth-order valence-electron chi connectivity index (χ4n) is 3.17. The van der Waals surface area contributed by atoms with Crippen LogP contribution in [0.15, 0.2) is 71.8 Å². The highest BCUT2D eigenvalue weighted by atomic mass is 16.5. The van der Waals surface area contributed by atoms with Crippen molar-refractivity contribution in [3.05, 3.63) is 94.5 Å². The monoisotopic (exact) mass is 454 g/mol. The van der Waals surface area contributed by atoms with Gasteiger partial charge in [-0.3, -0.25) is 9.59 Å². The van der Waals surface area contributed by atoms with E-state index in [9.17, 15) is 14.9 Å². The molecule has 34 heavy (non-hydrogen) atoms. The molecule has 7 heteroatoms. The first-order valence-corrected chi connectivity index (χ1v) is 10.8. The van der Waals surface area contributed by atoms with Crippen LogP contribution in [0.5, 0.6) is 5.75 Å². The number of amides is 2. The van der Waals surface area contributed by atoms with Gasteiger partial charge in [0.1, 0.15) is 12.4 Å². The largest absolute Gasteiger partial charge is 0.488 e. The van der Waals surface area contributed by atoms with E-state index < -0.39 is 0 Å². The van der Waals surface area contributed by atoms with Gasteiger partial charge in [-0.2, -0.15) is 10.4 Å². The minimum absolute atomic E-state index is 0.0110. The molecule has 0 atom stereocenters. The van der Waals surface area contributed by atoms with E-state index in [2.05, 4.69) is 21.9 Å². The van der Waals surface area contributed by atoms with Crippen molar-refractivity contribution in [3.63, 3.8) is 0 Å². The number of carbonyl (C=O) groups is 2. The van der Waals surface area contributed by atoms with E-state index in [4.69, 9.17) is 4.74 Å². The van der Waals surface area contributed by atoms with Gasteiger partial charge in [0, 0.05) is 29.7 Å². The summed E-state index contributed by atoms with van der Waals surface area (Å²) in [6.45, 7) is 4.10. The van der Waals surface area contributed by atoms with E-state index in [1.54, 1.807) is 24.3 Å². The normalized spacial score (nSPS) is 10.5. The van der Waals surface area contributed by atoms with E-state index in [0.717, 1.165) is 22.4 Å². The Hall–Kier alpha value is -4.44. The third-order valence-electron chi connectivity index (χ3n) is 5.08. The summed E-state index contributed by atoms with van der Waals surface area (Å²) in [5.41, 5.74) is 7.21. The molecule has 0 aliphatic heterocycles. The number of hydrogen-bond donors (Lipinski definition) is 2. The van der Waals surface area contributed by atoms with Crippen molar-refractivity contribution in [2.45, 2.75) is 33.3 Å². The average molecular weight is 455 g/mol. The zero-order valence-corrected chi connectivity index (χ0v) is 19.2. The number of nitrogens with zero attached hydrogens (tertiary/aromatic N) is 2. The lowest BCUT2D eigenvalue weighted by Gasteiger charge is -2.10. The molecule has 2 amide bonds. The maximum absolute atomic E-state index is 12.2. The van der Waals surface area contributed by atoms with Crippen LogP contribution in [-0.4, -0.2) is 18.0 Å². The first-order valence-electron chi connectivity index (χ1n) is 10.8. The predicted octanol–water partition coefficient (Wildman–Crippen LogP) is 4.62. The Balaban J connectivity index is 1.50. The van der Waals surface area contributed by atoms with Crippen LogP contribution in [0.4, 0.5) is 5.69 Å². The summed E-state index contributed by atoms with van der Waals surface area (Å²) in [6, 6.07) is 22.5. The zero-order chi connectivity index (χ0) is 24.3. The number of para-hydroxylation sites is 1. The molecule has 3 aromatic rings. The molecule has 0 spiro atoms. The molecule has 0 aliphatic carbocycles. The van der Waals surface area contributed by atoms with Crippen molar-refractivity contribution in [3.8, 4) is 11.8 Å². The van der Waals surface area contributed by atoms with Crippen molar-refractivity contribution in [1.82, 2.24) is 5.43 Å². The summed E-state index contributed by atoms with van der Waals surface area (Å²) >= 11 is 0. The number of hydrogen-bond acceptors (Lipinski definition) is 5. The summed E-state index contributed by atoms with van der Waals surface area (Å²) in [6.07, 6.45) is 1.55. The molecular formula is C27H26N4O3. The number of anilines is 1. The number of nitrogens with one attached hydrogen (secondary N) is 2. The topological polar surface area (TPSA) is 104 Å². The van der Waals surface area contributed by atoms with Crippen LogP contribution in [0.3, 0.4) is 0 Å². The van der Waals surface area contributed by atoms with Crippen LogP contribution in [0.25, 0.3) is 0 Å². The minimum Gasteiger partial charge on any atom is -0.488 e. The molecule has 0 fully saturated rings. The SMILES string of the molecule is Cc1ccc(C)c(NC(=O)CCC(=O)NN=Cc2ccccc2OCc2ccccc2C#N)c1. The average Bonchev–Trinajstić information content (AvgIpc) is 2.84. The summed E-state index contributed by atoms with van der Waals surface area (Å²) in [5.74, 6) is -0.0286. The van der Waals surface area contributed by atoms with Gasteiger partial charge < -0.3 is 10.1 Å². The van der Waals surface area contributed by atoms with Crippen LogP contribution >= 0.6 is 0 Å². The van der Waals surface area contributed by atoms with Crippen molar-refractivity contribution in [1.29, 1.82) is 5.26 Å². The highest BCUT2D eigenvalue weighted by Gasteiger charge is 2.09. The molecule has 0 radical (unpaired) electrons. The summed E-state index contributed by atoms with van der Waals surface area (Å²) < 4.78 is 5.87. The smallest absolute Gasteiger partial charge is 0.240 e. The third-order valence-corrected chi connectivity index (χ3v) is 5.08. The van der Waals surface area contributed by atoms with Gasteiger partial charge in [0.25, 0.3) is 0 Å². The minimum atomic E-state index is -0.367. The fourth-order valence-corrected chi connectivity index (χ4v) is 3.17. The van der Waals surface area contributed by atoms with Crippen molar-refractivity contribution < 1.29 is 14.3 Å². The van der Waals surface area contributed by atoms with E-state index >= 15 is 0 Å². The molecule has 0 aliphatic rings. The highest BCUT2D eigenvalue weighted by molar-refractivity contribution is 5.94. The van der Waals surface area contributed by atoms with Crippen LogP contribution in [0, 0.1) is 25.2 Å². The van der Waals surface area contributed by atoms with Gasteiger partial charge in [-0.15, -0.1) is 0 Å². The zero-order valence-electron chi connectivity index (χ0n) is 19.2. The van der Waals surface area contributed by atoms with E-state index in [1.165, 1.54) is 6.21 Å². The molecule has 0 saturated heterocycles. The summed E-state index contributed by atoms with van der Waals surface area (Å²) in [7, 11) is 0. The van der Waals surface area contributed by atoms with Gasteiger partial charge in [0.2, 0.25) is 11.8 Å². The van der Waals surface area contributed by atoms with Gasteiger partial charge in [0.15, 0.2) is 0 Å². The highest BCUT2D eigenvalue weighted by Crippen LogP contribution is 2.19. The lowest BCUT2D eigenvalue weighted by Crippen LogP contribution is -2.21. The summed E-state index contributed by atoms with van der Waals surface area (Å²) in [5, 5.41) is 16.0. The van der Waals surface area contributed by atoms with E-state index in [0.29, 0.717) is 16.9 Å². The quantitative estimate of drug-likeness (QED) is 0.364. The molecule has 0 heterocycles. The predicted molar refractivity (Wildman–Crippen MR) is 131 cm³/mol. The van der Waals surface area contributed by atoms with E-state index in [-0.39, 0.29) is 31.3 Å². The first kappa shape index (κ1) is 24.2. The Labute approximate surface area is 199 Å². The molecule has 0 aromatic heterocycles. The molecular weight excluding hydrogens is 428 g/mol. The molecule has 172 valence electrons. The molecule has 0 unspecified atom stereocenters. The maximum Gasteiger partial charge on any atom is 0.240 e. The van der Waals surface area contributed by atoms with Crippen molar-refractivity contribution in [2.75, 3.05) is 5.32 Å². The molecule has 3 aromatic carbocycles. The number of rotatable bonds is 9. The third kappa shape index (κ3) is 7.04. The Bertz CT molecular complexity index is 1240. The number of carbonyl (C=O) groups excluding carboxylic acids is 2. The number of benzene rings is 3. The van der Waals surface area contributed by atoms with Crippen LogP contribution in [0.1, 0.15) is 40.7 Å². The van der Waals surface area contributed by atoms with Gasteiger partial charge >= 0.3 is 0 Å². The molecule has 7 nitrogen and oxygen atoms in total. The van der Waals surface area contributed by atoms with Crippen LogP contribution in [0.2, 0.25) is 0 Å². The van der Waals surface area contributed by atoms with Gasteiger partial charge in [0.05, 0.1) is 17.8 Å². The molecule has 3 rings (SSSR count). The summed E-state index contributed by atoms with van der Waals surface area (Å²) in [4.78, 5) is 24.3. The second kappa shape index (κ2) is 12.0. The van der Waals surface area contributed by atoms with E-state index in [1.807, 2.05) is 56.3 Å². The second-order valence-electron chi connectivity index (χ2n) is 7.76. The van der Waals surface area contributed by atoms with Crippen LogP contribution in [-0.2, 0) is 16.2 Å². The van der Waals surface area contributed by atoms with Crippen molar-refractivity contribution in [2.24, 2.45) is 5.10 Å². The number of hydrazone groups is 1. The lowest BCUT2D eigenvalue weighted by atomic mass is 10.1. The fraction of sp³-hybridized carbons (Fsp3) is 0.185. The Kier molecular flexibility index (Phi) is 8.53. The Morgan fingerprint density at radius 2 is 1.74 bits per heavy atom. The Morgan fingerprint density at radius 1 is 1.00 bits per heavy atom.